The van der Waals surface area contributed by atoms with E-state index in [9.17, 15) is 9.90 Å². The van der Waals surface area contributed by atoms with Crippen LogP contribution in [0, 0.1) is 0 Å². The van der Waals surface area contributed by atoms with Crippen LogP contribution >= 0.6 is 0 Å². The quantitative estimate of drug-likeness (QED) is 0.269. The maximum absolute atomic E-state index is 11.9. The highest BCUT2D eigenvalue weighted by Gasteiger charge is 2.21. The average molecular weight is 441 g/mol. The third kappa shape index (κ3) is 7.58. The van der Waals surface area contributed by atoms with Gasteiger partial charge in [-0.3, -0.25) is 0 Å². The molecular weight excluding hydrogens is 400 g/mol. The molecule has 0 spiro atoms. The summed E-state index contributed by atoms with van der Waals surface area (Å²) in [4.78, 5) is 11.9. The zero-order valence-electron chi connectivity index (χ0n) is 20.1. The molecule has 176 valence electrons. The maximum atomic E-state index is 11.9. The Morgan fingerprint density at radius 1 is 0.750 bits per heavy atom. The van der Waals surface area contributed by atoms with Crippen LogP contribution in [0.3, 0.4) is 0 Å². The lowest BCUT2D eigenvalue weighted by Gasteiger charge is -2.20. The van der Waals surface area contributed by atoms with Crippen molar-refractivity contribution in [2.75, 3.05) is 13.2 Å². The number of rotatable bonds is 16. The van der Waals surface area contributed by atoms with E-state index in [1.165, 1.54) is 25.7 Å². The Morgan fingerprint density at radius 3 is 2.16 bits per heavy atom. The van der Waals surface area contributed by atoms with Crippen LogP contribution in [-0.4, -0.2) is 24.3 Å². The summed E-state index contributed by atoms with van der Waals surface area (Å²) in [6.07, 6.45) is 10.7. The number of hydrogen-bond acceptors (Lipinski definition) is 3. The van der Waals surface area contributed by atoms with Gasteiger partial charge < -0.3 is 14.6 Å². The molecule has 2 aromatic rings. The predicted molar refractivity (Wildman–Crippen MR) is 132 cm³/mol. The molecule has 0 atom stereocenters. The predicted octanol–water partition coefficient (Wildman–Crippen LogP) is 7.92. The monoisotopic (exact) mass is 440 g/mol. The van der Waals surface area contributed by atoms with Crippen LogP contribution in [0.2, 0.25) is 0 Å². The Kier molecular flexibility index (Phi) is 11.7. The smallest absolute Gasteiger partial charge is 0.336 e. The third-order valence-corrected chi connectivity index (χ3v) is 5.67. The third-order valence-electron chi connectivity index (χ3n) is 5.67. The molecule has 0 amide bonds. The van der Waals surface area contributed by atoms with Crippen LogP contribution in [0.15, 0.2) is 36.4 Å². The van der Waals surface area contributed by atoms with Crippen molar-refractivity contribution in [1.29, 1.82) is 0 Å². The van der Waals surface area contributed by atoms with Crippen molar-refractivity contribution < 1.29 is 19.4 Å². The minimum atomic E-state index is -0.906. The van der Waals surface area contributed by atoms with Crippen LogP contribution in [0.5, 0.6) is 11.5 Å². The van der Waals surface area contributed by atoms with Gasteiger partial charge in [0.1, 0.15) is 11.5 Å². The van der Waals surface area contributed by atoms with Gasteiger partial charge in [0.05, 0.1) is 18.8 Å². The van der Waals surface area contributed by atoms with Crippen molar-refractivity contribution in [2.45, 2.75) is 85.0 Å². The van der Waals surface area contributed by atoms with Gasteiger partial charge in [0.15, 0.2) is 0 Å². The lowest BCUT2D eigenvalue weighted by Crippen LogP contribution is -2.09. The fourth-order valence-corrected chi connectivity index (χ4v) is 3.90. The number of aromatic carboxylic acids is 1. The van der Waals surface area contributed by atoms with Crippen molar-refractivity contribution >= 4 is 5.97 Å². The van der Waals surface area contributed by atoms with Gasteiger partial charge in [0.2, 0.25) is 0 Å². The molecule has 0 unspecified atom stereocenters. The van der Waals surface area contributed by atoms with E-state index < -0.39 is 5.97 Å². The molecule has 0 fully saturated rings. The normalized spacial score (nSPS) is 10.8. The zero-order valence-corrected chi connectivity index (χ0v) is 20.1. The van der Waals surface area contributed by atoms with E-state index in [1.807, 2.05) is 30.3 Å². The zero-order chi connectivity index (χ0) is 23.2. The summed E-state index contributed by atoms with van der Waals surface area (Å²) in [6, 6.07) is 11.6. The summed E-state index contributed by atoms with van der Waals surface area (Å²) < 4.78 is 12.4. The molecule has 0 aliphatic heterocycles. The van der Waals surface area contributed by atoms with Crippen molar-refractivity contribution in [3.05, 3.63) is 47.5 Å². The number of hydrogen-bond donors (Lipinski definition) is 1. The molecule has 4 heteroatoms. The Balaban J connectivity index is 2.35. The van der Waals surface area contributed by atoms with E-state index in [0.29, 0.717) is 30.9 Å². The van der Waals surface area contributed by atoms with E-state index in [-0.39, 0.29) is 0 Å². The molecule has 0 aliphatic carbocycles. The molecule has 0 bridgehead atoms. The fourth-order valence-electron chi connectivity index (χ4n) is 3.90. The van der Waals surface area contributed by atoms with Gasteiger partial charge in [-0.15, -0.1) is 0 Å². The first-order valence-corrected chi connectivity index (χ1v) is 12.4. The van der Waals surface area contributed by atoms with E-state index in [4.69, 9.17) is 9.47 Å². The maximum Gasteiger partial charge on any atom is 0.336 e. The molecule has 2 rings (SSSR count). The highest BCUT2D eigenvalue weighted by Crippen LogP contribution is 2.40. The summed E-state index contributed by atoms with van der Waals surface area (Å²) in [6.45, 7) is 7.69. The number of ether oxygens (including phenoxy) is 2. The van der Waals surface area contributed by atoms with Gasteiger partial charge in [0.25, 0.3) is 0 Å². The Morgan fingerprint density at radius 2 is 1.44 bits per heavy atom. The molecule has 1 N–H and O–H groups in total. The first-order chi connectivity index (χ1) is 15.6. The minimum absolute atomic E-state index is 0.331. The Hall–Kier alpha value is -2.49. The number of benzene rings is 2. The van der Waals surface area contributed by atoms with Crippen molar-refractivity contribution in [3.63, 3.8) is 0 Å². The number of carboxylic acids is 1. The largest absolute Gasteiger partial charge is 0.493 e. The van der Waals surface area contributed by atoms with E-state index in [1.54, 1.807) is 6.07 Å². The van der Waals surface area contributed by atoms with E-state index in [2.05, 4.69) is 20.8 Å². The second-order valence-corrected chi connectivity index (χ2v) is 8.34. The first-order valence-electron chi connectivity index (χ1n) is 12.4. The highest BCUT2D eigenvalue weighted by molar-refractivity contribution is 5.92. The summed E-state index contributed by atoms with van der Waals surface area (Å²) in [5, 5.41) is 9.79. The van der Waals surface area contributed by atoms with Crippen molar-refractivity contribution in [2.24, 2.45) is 0 Å². The minimum Gasteiger partial charge on any atom is -0.493 e. The van der Waals surface area contributed by atoms with Crippen LogP contribution < -0.4 is 9.47 Å². The standard InChI is InChI=1S/C28H40O4/c1-4-7-9-10-11-14-21-32-27-23(15-6-3)25(28(29)30)19-18-24(27)22-16-12-13-17-26(22)31-20-8-5-2/h12-13,16-19H,4-11,14-15,20-21H2,1-3H3,(H,29,30). The summed E-state index contributed by atoms with van der Waals surface area (Å²) >= 11 is 0. The second-order valence-electron chi connectivity index (χ2n) is 8.34. The van der Waals surface area contributed by atoms with Gasteiger partial charge in [-0.2, -0.15) is 0 Å². The summed E-state index contributed by atoms with van der Waals surface area (Å²) in [5.74, 6) is 0.611. The van der Waals surface area contributed by atoms with Crippen LogP contribution in [0.4, 0.5) is 0 Å². The molecule has 0 aromatic heterocycles. The second kappa shape index (κ2) is 14.5. The van der Waals surface area contributed by atoms with Crippen LogP contribution in [0.25, 0.3) is 11.1 Å². The van der Waals surface area contributed by atoms with Crippen molar-refractivity contribution in [1.82, 2.24) is 0 Å². The summed E-state index contributed by atoms with van der Waals surface area (Å²) in [7, 11) is 0. The van der Waals surface area contributed by atoms with Crippen molar-refractivity contribution in [3.8, 4) is 22.6 Å². The Bertz CT molecular complexity index is 828. The Labute approximate surface area is 194 Å². The first kappa shape index (κ1) is 25.8. The van der Waals surface area contributed by atoms with E-state index >= 15 is 0 Å². The lowest BCUT2D eigenvalue weighted by molar-refractivity contribution is 0.0695. The van der Waals surface area contributed by atoms with E-state index in [0.717, 1.165) is 54.5 Å². The molecule has 2 aromatic carbocycles. The topological polar surface area (TPSA) is 55.8 Å². The number of unbranched alkanes of at least 4 members (excludes halogenated alkanes) is 6. The molecule has 0 saturated heterocycles. The molecule has 32 heavy (non-hydrogen) atoms. The number of carboxylic acid groups (broad SMARTS) is 1. The number of carbonyl (C=O) groups is 1. The van der Waals surface area contributed by atoms with Gasteiger partial charge in [0, 0.05) is 16.7 Å². The lowest BCUT2D eigenvalue weighted by atomic mass is 9.94. The highest BCUT2D eigenvalue weighted by atomic mass is 16.5. The molecule has 0 aliphatic rings. The van der Waals surface area contributed by atoms with Crippen LogP contribution in [0.1, 0.15) is 94.5 Å². The molecule has 0 radical (unpaired) electrons. The van der Waals surface area contributed by atoms with Gasteiger partial charge in [-0.05, 0) is 37.5 Å². The molecule has 4 nitrogen and oxygen atoms in total. The molecule has 0 heterocycles. The molecule has 0 saturated carbocycles. The fraction of sp³-hybridized carbons (Fsp3) is 0.536. The van der Waals surface area contributed by atoms with Gasteiger partial charge in [-0.25, -0.2) is 4.79 Å². The average Bonchev–Trinajstić information content (AvgIpc) is 2.79. The van der Waals surface area contributed by atoms with Gasteiger partial charge >= 0.3 is 5.97 Å². The molecular formula is C28H40O4. The summed E-state index contributed by atoms with van der Waals surface area (Å²) in [5.41, 5.74) is 2.98. The van der Waals surface area contributed by atoms with Gasteiger partial charge in [-0.1, -0.05) is 83.9 Å². The SMILES string of the molecule is CCCCCCCCOc1c(-c2ccccc2OCCCC)ccc(C(=O)O)c1CCC. The van der Waals surface area contributed by atoms with Crippen LogP contribution in [-0.2, 0) is 6.42 Å². The number of para-hydroxylation sites is 1.